The normalized spacial score (nSPS) is 10.4. The van der Waals surface area contributed by atoms with E-state index in [0.29, 0.717) is 17.7 Å². The number of carbonyl (C=O) groups excluding carboxylic acids is 1. The van der Waals surface area contributed by atoms with E-state index < -0.39 is 6.67 Å². The zero-order valence-corrected chi connectivity index (χ0v) is 13.1. The van der Waals surface area contributed by atoms with Crippen molar-refractivity contribution in [2.45, 2.75) is 13.2 Å². The first-order valence-electron chi connectivity index (χ1n) is 7.69. The summed E-state index contributed by atoms with van der Waals surface area (Å²) in [6, 6.07) is 20.0. The van der Waals surface area contributed by atoms with Gasteiger partial charge in [0.05, 0.1) is 6.54 Å². The molecular weight excluding hydrogens is 303 g/mol. The highest BCUT2D eigenvalue weighted by Gasteiger charge is 2.19. The van der Waals surface area contributed by atoms with Gasteiger partial charge >= 0.3 is 0 Å². The van der Waals surface area contributed by atoms with Crippen LogP contribution in [0.2, 0.25) is 0 Å². The lowest BCUT2D eigenvalue weighted by molar-refractivity contribution is 0.0985. The molecule has 3 rings (SSSR count). The molecular formula is C20H17FN2O. The van der Waals surface area contributed by atoms with Crippen molar-refractivity contribution in [2.75, 3.05) is 4.90 Å². The molecule has 0 aliphatic heterocycles. The van der Waals surface area contributed by atoms with Gasteiger partial charge in [0, 0.05) is 23.6 Å². The zero-order chi connectivity index (χ0) is 16.8. The minimum Gasteiger partial charge on any atom is -0.304 e. The fourth-order valence-corrected chi connectivity index (χ4v) is 2.55. The molecule has 0 N–H and O–H groups in total. The molecule has 3 nitrogen and oxygen atoms in total. The smallest absolute Gasteiger partial charge is 0.258 e. The van der Waals surface area contributed by atoms with Gasteiger partial charge in [0.1, 0.15) is 6.67 Å². The highest BCUT2D eigenvalue weighted by atomic mass is 19.1. The number of benzene rings is 2. The van der Waals surface area contributed by atoms with E-state index in [-0.39, 0.29) is 5.91 Å². The first-order chi connectivity index (χ1) is 11.8. The summed E-state index contributed by atoms with van der Waals surface area (Å²) in [5, 5.41) is 0. The molecule has 0 atom stereocenters. The monoisotopic (exact) mass is 320 g/mol. The SMILES string of the molecule is O=C(c1ccncc1)N(Cc1ccccc1CF)c1ccccc1. The molecule has 1 heterocycles. The largest absolute Gasteiger partial charge is 0.304 e. The highest BCUT2D eigenvalue weighted by molar-refractivity contribution is 6.05. The van der Waals surface area contributed by atoms with Gasteiger partial charge < -0.3 is 4.90 Å². The first-order valence-corrected chi connectivity index (χ1v) is 7.69. The van der Waals surface area contributed by atoms with Crippen molar-refractivity contribution >= 4 is 11.6 Å². The maximum atomic E-state index is 13.3. The van der Waals surface area contributed by atoms with E-state index in [0.717, 1.165) is 11.3 Å². The van der Waals surface area contributed by atoms with E-state index in [1.54, 1.807) is 41.6 Å². The van der Waals surface area contributed by atoms with Crippen LogP contribution in [-0.2, 0) is 13.2 Å². The third kappa shape index (κ3) is 3.49. The molecule has 1 aromatic heterocycles. The topological polar surface area (TPSA) is 33.2 Å². The van der Waals surface area contributed by atoms with Crippen molar-refractivity contribution in [1.29, 1.82) is 0 Å². The number of amides is 1. The van der Waals surface area contributed by atoms with Crippen LogP contribution in [0.25, 0.3) is 0 Å². The average Bonchev–Trinajstić information content (AvgIpc) is 2.67. The summed E-state index contributed by atoms with van der Waals surface area (Å²) < 4.78 is 13.3. The van der Waals surface area contributed by atoms with Crippen LogP contribution in [0.5, 0.6) is 0 Å². The first kappa shape index (κ1) is 15.9. The van der Waals surface area contributed by atoms with Crippen LogP contribution < -0.4 is 4.90 Å². The summed E-state index contributed by atoms with van der Waals surface area (Å²) in [7, 11) is 0. The molecule has 0 unspecified atom stereocenters. The number of hydrogen-bond acceptors (Lipinski definition) is 2. The zero-order valence-electron chi connectivity index (χ0n) is 13.1. The minimum absolute atomic E-state index is 0.141. The molecule has 0 bridgehead atoms. The van der Waals surface area contributed by atoms with Crippen molar-refractivity contribution in [3.63, 3.8) is 0 Å². The van der Waals surface area contributed by atoms with Gasteiger partial charge in [-0.15, -0.1) is 0 Å². The Morgan fingerprint density at radius 1 is 0.875 bits per heavy atom. The minimum atomic E-state index is -0.553. The fraction of sp³-hybridized carbons (Fsp3) is 0.100. The maximum Gasteiger partial charge on any atom is 0.258 e. The summed E-state index contributed by atoms with van der Waals surface area (Å²) in [6.07, 6.45) is 3.18. The van der Waals surface area contributed by atoms with Crippen molar-refractivity contribution in [2.24, 2.45) is 0 Å². The summed E-state index contributed by atoms with van der Waals surface area (Å²) in [5.74, 6) is -0.141. The molecule has 0 spiro atoms. The second-order valence-electron chi connectivity index (χ2n) is 5.37. The van der Waals surface area contributed by atoms with Crippen LogP contribution in [0, 0.1) is 0 Å². The molecule has 0 saturated carbocycles. The van der Waals surface area contributed by atoms with Gasteiger partial charge in [0.15, 0.2) is 0 Å². The highest BCUT2D eigenvalue weighted by Crippen LogP contribution is 2.22. The molecule has 0 aliphatic carbocycles. The molecule has 1 amide bonds. The second kappa shape index (κ2) is 7.51. The Kier molecular flexibility index (Phi) is 4.96. The number of halogens is 1. The molecule has 0 fully saturated rings. The predicted octanol–water partition coefficient (Wildman–Crippen LogP) is 4.40. The number of rotatable bonds is 5. The lowest BCUT2D eigenvalue weighted by atomic mass is 10.1. The van der Waals surface area contributed by atoms with Gasteiger partial charge in [-0.3, -0.25) is 9.78 Å². The van der Waals surface area contributed by atoms with E-state index in [1.165, 1.54) is 0 Å². The van der Waals surface area contributed by atoms with E-state index in [4.69, 9.17) is 0 Å². The van der Waals surface area contributed by atoms with Crippen LogP contribution in [0.1, 0.15) is 21.5 Å². The van der Waals surface area contributed by atoms with Crippen LogP contribution in [0.3, 0.4) is 0 Å². The molecule has 0 aliphatic rings. The number of para-hydroxylation sites is 1. The summed E-state index contributed by atoms with van der Waals surface area (Å²) in [5.41, 5.74) is 2.71. The Labute approximate surface area is 140 Å². The van der Waals surface area contributed by atoms with Gasteiger partial charge in [-0.05, 0) is 35.4 Å². The van der Waals surface area contributed by atoms with Crippen LogP contribution in [0.4, 0.5) is 10.1 Å². The molecule has 0 saturated heterocycles. The standard InChI is InChI=1S/C20H17FN2O/c21-14-17-6-4-5-7-18(17)15-23(19-8-2-1-3-9-19)20(24)16-10-12-22-13-11-16/h1-13H,14-15H2. The van der Waals surface area contributed by atoms with Gasteiger partial charge in [-0.25, -0.2) is 4.39 Å². The van der Waals surface area contributed by atoms with Crippen LogP contribution >= 0.6 is 0 Å². The van der Waals surface area contributed by atoms with Crippen molar-refractivity contribution in [3.8, 4) is 0 Å². The van der Waals surface area contributed by atoms with Crippen molar-refractivity contribution < 1.29 is 9.18 Å². The average molecular weight is 320 g/mol. The Morgan fingerprint density at radius 2 is 1.50 bits per heavy atom. The van der Waals surface area contributed by atoms with Crippen LogP contribution in [-0.4, -0.2) is 10.9 Å². The molecule has 0 radical (unpaired) electrons. The number of hydrogen-bond donors (Lipinski definition) is 0. The van der Waals surface area contributed by atoms with E-state index in [2.05, 4.69) is 4.98 Å². The molecule has 4 heteroatoms. The molecule has 120 valence electrons. The third-order valence-corrected chi connectivity index (χ3v) is 3.83. The Hall–Kier alpha value is -3.01. The van der Waals surface area contributed by atoms with Gasteiger partial charge in [-0.2, -0.15) is 0 Å². The Balaban J connectivity index is 1.98. The quantitative estimate of drug-likeness (QED) is 0.698. The summed E-state index contributed by atoms with van der Waals surface area (Å²) in [6.45, 7) is -0.243. The second-order valence-corrected chi connectivity index (χ2v) is 5.37. The van der Waals surface area contributed by atoms with E-state index >= 15 is 0 Å². The summed E-state index contributed by atoms with van der Waals surface area (Å²) >= 11 is 0. The number of pyridine rings is 1. The number of anilines is 1. The third-order valence-electron chi connectivity index (χ3n) is 3.83. The van der Waals surface area contributed by atoms with Crippen molar-refractivity contribution in [1.82, 2.24) is 4.98 Å². The van der Waals surface area contributed by atoms with Crippen molar-refractivity contribution in [3.05, 3.63) is 95.8 Å². The van der Waals surface area contributed by atoms with E-state index in [9.17, 15) is 9.18 Å². The predicted molar refractivity (Wildman–Crippen MR) is 92.4 cm³/mol. The van der Waals surface area contributed by atoms with E-state index in [1.807, 2.05) is 42.5 Å². The maximum absolute atomic E-state index is 13.3. The fourth-order valence-electron chi connectivity index (χ4n) is 2.55. The number of carbonyl (C=O) groups is 1. The molecule has 2 aromatic carbocycles. The number of aromatic nitrogens is 1. The molecule has 24 heavy (non-hydrogen) atoms. The van der Waals surface area contributed by atoms with Crippen LogP contribution in [0.15, 0.2) is 79.1 Å². The van der Waals surface area contributed by atoms with Gasteiger partial charge in [0.2, 0.25) is 0 Å². The molecule has 3 aromatic rings. The Morgan fingerprint density at radius 3 is 2.17 bits per heavy atom. The lowest BCUT2D eigenvalue weighted by Crippen LogP contribution is -2.30. The number of nitrogens with zero attached hydrogens (tertiary/aromatic N) is 2. The van der Waals surface area contributed by atoms with Gasteiger partial charge in [0.25, 0.3) is 5.91 Å². The lowest BCUT2D eigenvalue weighted by Gasteiger charge is -2.24. The van der Waals surface area contributed by atoms with Gasteiger partial charge in [-0.1, -0.05) is 42.5 Å². The summed E-state index contributed by atoms with van der Waals surface area (Å²) in [4.78, 5) is 18.6. The number of alkyl halides is 1. The Bertz CT molecular complexity index is 806.